The van der Waals surface area contributed by atoms with Crippen LogP contribution in [0.25, 0.3) is 0 Å². The van der Waals surface area contributed by atoms with Gasteiger partial charge in [0.15, 0.2) is 5.75 Å². The summed E-state index contributed by atoms with van der Waals surface area (Å²) in [6, 6.07) is 3.48. The first-order valence-corrected chi connectivity index (χ1v) is 5.74. The Hall–Kier alpha value is -2.15. The lowest BCUT2D eigenvalue weighted by Gasteiger charge is -2.18. The van der Waals surface area contributed by atoms with Crippen molar-refractivity contribution in [3.05, 3.63) is 33.9 Å². The zero-order chi connectivity index (χ0) is 14.6. The van der Waals surface area contributed by atoms with E-state index in [-0.39, 0.29) is 5.56 Å². The summed E-state index contributed by atoms with van der Waals surface area (Å²) in [6.07, 6.45) is -0.105. The van der Waals surface area contributed by atoms with Crippen molar-refractivity contribution < 1.29 is 19.9 Å². The zero-order valence-electron chi connectivity index (χ0n) is 10.7. The maximum atomic E-state index is 12.0. The number of phenols is 1. The maximum absolute atomic E-state index is 12.0. The summed E-state index contributed by atoms with van der Waals surface area (Å²) < 4.78 is 0. The highest BCUT2D eigenvalue weighted by Gasteiger charge is 2.19. The van der Waals surface area contributed by atoms with E-state index in [1.165, 1.54) is 11.0 Å². The second-order valence-electron chi connectivity index (χ2n) is 4.33. The van der Waals surface area contributed by atoms with Crippen molar-refractivity contribution in [1.29, 1.82) is 0 Å². The molecule has 0 heterocycles. The number of phenolic OH excluding ortho intramolecular Hbond substituents is 1. The number of benzene rings is 1. The fraction of sp³-hybridized carbons (Fsp3) is 0.417. The molecule has 0 radical (unpaired) electrons. The molecule has 19 heavy (non-hydrogen) atoms. The zero-order valence-corrected chi connectivity index (χ0v) is 10.7. The van der Waals surface area contributed by atoms with E-state index in [9.17, 15) is 20.0 Å². The van der Waals surface area contributed by atoms with Gasteiger partial charge in [-0.3, -0.25) is 14.9 Å². The van der Waals surface area contributed by atoms with Gasteiger partial charge in [0.1, 0.15) is 0 Å². The van der Waals surface area contributed by atoms with Crippen molar-refractivity contribution >= 4 is 11.6 Å². The van der Waals surface area contributed by atoms with Gasteiger partial charge in [-0.2, -0.15) is 0 Å². The predicted molar refractivity (Wildman–Crippen MR) is 68.0 cm³/mol. The maximum Gasteiger partial charge on any atom is 0.311 e. The highest BCUT2D eigenvalue weighted by Crippen LogP contribution is 2.26. The van der Waals surface area contributed by atoms with E-state index >= 15 is 0 Å². The van der Waals surface area contributed by atoms with Gasteiger partial charge in [-0.1, -0.05) is 0 Å². The fourth-order valence-electron chi connectivity index (χ4n) is 1.51. The minimum atomic E-state index is -0.748. The van der Waals surface area contributed by atoms with Crippen molar-refractivity contribution in [3.8, 4) is 5.75 Å². The smallest absolute Gasteiger partial charge is 0.311 e. The van der Waals surface area contributed by atoms with Crippen LogP contribution in [0.2, 0.25) is 0 Å². The first-order chi connectivity index (χ1) is 8.82. The fourth-order valence-corrected chi connectivity index (χ4v) is 1.51. The average Bonchev–Trinajstić information content (AvgIpc) is 2.35. The second kappa shape index (κ2) is 6.14. The lowest BCUT2D eigenvalue weighted by Crippen LogP contribution is -2.29. The molecule has 1 amide bonds. The van der Waals surface area contributed by atoms with E-state index in [1.54, 1.807) is 14.0 Å². The molecule has 0 aliphatic carbocycles. The number of nitrogens with zero attached hydrogens (tertiary/aromatic N) is 2. The quantitative estimate of drug-likeness (QED) is 0.615. The first-order valence-electron chi connectivity index (χ1n) is 5.74. The molecule has 0 fully saturated rings. The highest BCUT2D eigenvalue weighted by molar-refractivity contribution is 5.95. The molecule has 0 aliphatic heterocycles. The van der Waals surface area contributed by atoms with E-state index in [0.29, 0.717) is 13.0 Å². The van der Waals surface area contributed by atoms with Crippen LogP contribution in [0, 0.1) is 10.1 Å². The Balaban J connectivity index is 2.88. The number of carbonyl (C=O) groups excluding carboxylic acids is 1. The van der Waals surface area contributed by atoms with E-state index in [0.717, 1.165) is 12.1 Å². The third kappa shape index (κ3) is 3.92. The monoisotopic (exact) mass is 268 g/mol. The Morgan fingerprint density at radius 3 is 2.68 bits per heavy atom. The Morgan fingerprint density at radius 1 is 1.53 bits per heavy atom. The van der Waals surface area contributed by atoms with Gasteiger partial charge in [-0.15, -0.1) is 0 Å². The molecule has 0 aliphatic rings. The number of aliphatic hydroxyl groups is 1. The first kappa shape index (κ1) is 14.9. The topological polar surface area (TPSA) is 104 Å². The Morgan fingerprint density at radius 2 is 2.16 bits per heavy atom. The molecule has 0 saturated carbocycles. The van der Waals surface area contributed by atoms with Crippen LogP contribution >= 0.6 is 0 Å². The van der Waals surface area contributed by atoms with Crippen LogP contribution < -0.4 is 0 Å². The van der Waals surface area contributed by atoms with Crippen LogP contribution in [0.5, 0.6) is 5.75 Å². The molecule has 0 bridgehead atoms. The van der Waals surface area contributed by atoms with Crippen molar-refractivity contribution in [2.24, 2.45) is 0 Å². The van der Waals surface area contributed by atoms with Gasteiger partial charge in [0.05, 0.1) is 11.0 Å². The largest absolute Gasteiger partial charge is 0.502 e. The highest BCUT2D eigenvalue weighted by atomic mass is 16.6. The second-order valence-corrected chi connectivity index (χ2v) is 4.33. The van der Waals surface area contributed by atoms with Gasteiger partial charge in [-0.05, 0) is 25.5 Å². The van der Waals surface area contributed by atoms with Crippen LogP contribution in [-0.2, 0) is 0 Å². The Bertz CT molecular complexity index is 487. The molecular weight excluding hydrogens is 252 g/mol. The molecule has 104 valence electrons. The van der Waals surface area contributed by atoms with E-state index in [4.69, 9.17) is 5.11 Å². The molecule has 1 aromatic carbocycles. The van der Waals surface area contributed by atoms with E-state index < -0.39 is 28.4 Å². The molecule has 1 atom stereocenters. The summed E-state index contributed by atoms with van der Waals surface area (Å²) in [5.41, 5.74) is -0.382. The van der Waals surface area contributed by atoms with Crippen LogP contribution in [0.3, 0.4) is 0 Å². The summed E-state index contributed by atoms with van der Waals surface area (Å²) in [5, 5.41) is 29.1. The van der Waals surface area contributed by atoms with E-state index in [1.807, 2.05) is 0 Å². The van der Waals surface area contributed by atoms with Gasteiger partial charge < -0.3 is 15.1 Å². The molecule has 2 N–H and O–H groups in total. The SMILES string of the molecule is CC(O)CCN(C)C(=O)c1ccc(O)c([N+](=O)[O-])c1. The molecule has 0 aromatic heterocycles. The molecule has 1 aromatic rings. The summed E-state index contributed by atoms with van der Waals surface area (Å²) >= 11 is 0. The molecule has 7 heteroatoms. The summed E-state index contributed by atoms with van der Waals surface area (Å²) in [5.74, 6) is -0.878. The normalized spacial score (nSPS) is 11.9. The number of aromatic hydroxyl groups is 1. The molecule has 7 nitrogen and oxygen atoms in total. The third-order valence-corrected chi connectivity index (χ3v) is 2.65. The minimum absolute atomic E-state index is 0.123. The van der Waals surface area contributed by atoms with E-state index in [2.05, 4.69) is 0 Å². The van der Waals surface area contributed by atoms with Gasteiger partial charge >= 0.3 is 5.69 Å². The lowest BCUT2D eigenvalue weighted by molar-refractivity contribution is -0.385. The standard InChI is InChI=1S/C12H16N2O5/c1-8(15)5-6-13(2)12(17)9-3-4-11(16)10(7-9)14(18)19/h3-4,7-8,15-16H,5-6H2,1-2H3. The van der Waals surface area contributed by atoms with Crippen LogP contribution in [-0.4, -0.2) is 45.6 Å². The Kier molecular flexibility index (Phi) is 4.82. The number of hydrogen-bond acceptors (Lipinski definition) is 5. The summed E-state index contributed by atoms with van der Waals surface area (Å²) in [4.78, 5) is 23.3. The van der Waals surface area contributed by atoms with Gasteiger partial charge in [0.2, 0.25) is 0 Å². The predicted octanol–water partition coefficient (Wildman–Crippen LogP) is 1.14. The Labute approximate surface area is 110 Å². The molecular formula is C12H16N2O5. The number of rotatable bonds is 5. The number of carbonyl (C=O) groups is 1. The van der Waals surface area contributed by atoms with Gasteiger partial charge in [-0.25, -0.2) is 0 Å². The van der Waals surface area contributed by atoms with Crippen molar-refractivity contribution in [2.45, 2.75) is 19.4 Å². The molecule has 1 unspecified atom stereocenters. The third-order valence-electron chi connectivity index (χ3n) is 2.65. The van der Waals surface area contributed by atoms with Gasteiger partial charge in [0, 0.05) is 25.2 Å². The van der Waals surface area contributed by atoms with Crippen LogP contribution in [0.15, 0.2) is 18.2 Å². The number of amides is 1. The number of nitro groups is 1. The number of nitro benzene ring substituents is 1. The molecule has 1 rings (SSSR count). The molecule has 0 spiro atoms. The minimum Gasteiger partial charge on any atom is -0.502 e. The lowest BCUT2D eigenvalue weighted by atomic mass is 10.1. The van der Waals surface area contributed by atoms with Crippen molar-refractivity contribution in [1.82, 2.24) is 4.90 Å². The average molecular weight is 268 g/mol. The van der Waals surface area contributed by atoms with Gasteiger partial charge in [0.25, 0.3) is 5.91 Å². The van der Waals surface area contributed by atoms with Crippen molar-refractivity contribution in [3.63, 3.8) is 0 Å². The van der Waals surface area contributed by atoms with Crippen molar-refractivity contribution in [2.75, 3.05) is 13.6 Å². The van der Waals surface area contributed by atoms with Crippen LogP contribution in [0.4, 0.5) is 5.69 Å². The summed E-state index contributed by atoms with van der Waals surface area (Å²) in [6.45, 7) is 1.95. The molecule has 0 saturated heterocycles. The number of aliphatic hydroxyl groups excluding tert-OH is 1. The number of hydrogen-bond donors (Lipinski definition) is 2. The van der Waals surface area contributed by atoms with Crippen LogP contribution in [0.1, 0.15) is 23.7 Å². The summed E-state index contributed by atoms with van der Waals surface area (Å²) in [7, 11) is 1.55.